The minimum absolute atomic E-state index is 0.0205. The van der Waals surface area contributed by atoms with Crippen LogP contribution in [-0.2, 0) is 9.59 Å². The standard InChI is InChI=1S/C21H29N3O3S/c1-4-6-12-22-21-24(13-7-5-2)20(27)18(28-21)14-19(26)23-17-10-8-16(9-11-17)15(3)25/h8-11,18H,4-7,12-14H2,1-3H3,(H,23,26). The second-order valence-electron chi connectivity index (χ2n) is 6.85. The lowest BCUT2D eigenvalue weighted by Crippen LogP contribution is -2.34. The lowest BCUT2D eigenvalue weighted by Gasteiger charge is -2.15. The number of nitrogens with zero attached hydrogens (tertiary/aromatic N) is 2. The molecular weight excluding hydrogens is 374 g/mol. The van der Waals surface area contributed by atoms with Crippen molar-refractivity contribution in [1.29, 1.82) is 0 Å². The molecule has 1 aliphatic rings. The number of Topliss-reactive ketones (excluding diaryl/α,β-unsaturated/α-hetero) is 1. The van der Waals surface area contributed by atoms with E-state index in [1.165, 1.54) is 18.7 Å². The molecule has 1 atom stereocenters. The summed E-state index contributed by atoms with van der Waals surface area (Å²) in [7, 11) is 0. The Morgan fingerprint density at radius 1 is 1.14 bits per heavy atom. The van der Waals surface area contributed by atoms with E-state index in [1.807, 2.05) is 0 Å². The number of hydrogen-bond acceptors (Lipinski definition) is 5. The smallest absolute Gasteiger partial charge is 0.242 e. The second-order valence-corrected chi connectivity index (χ2v) is 8.02. The van der Waals surface area contributed by atoms with Crippen molar-refractivity contribution < 1.29 is 14.4 Å². The first-order valence-corrected chi connectivity index (χ1v) is 10.8. The average Bonchev–Trinajstić information content (AvgIpc) is 2.95. The van der Waals surface area contributed by atoms with Gasteiger partial charge < -0.3 is 5.32 Å². The minimum Gasteiger partial charge on any atom is -0.326 e. The molecule has 1 N–H and O–H groups in total. The van der Waals surface area contributed by atoms with Crippen molar-refractivity contribution >= 4 is 40.2 Å². The molecule has 0 saturated carbocycles. The van der Waals surface area contributed by atoms with E-state index in [2.05, 4.69) is 24.2 Å². The molecule has 0 radical (unpaired) electrons. The zero-order valence-electron chi connectivity index (χ0n) is 16.9. The van der Waals surface area contributed by atoms with E-state index < -0.39 is 5.25 Å². The molecule has 0 aliphatic carbocycles. The molecular formula is C21H29N3O3S. The van der Waals surface area contributed by atoms with Crippen LogP contribution < -0.4 is 5.32 Å². The Bertz CT molecular complexity index is 731. The summed E-state index contributed by atoms with van der Waals surface area (Å²) in [6.45, 7) is 7.05. The van der Waals surface area contributed by atoms with Gasteiger partial charge in [0.05, 0.1) is 0 Å². The predicted octanol–water partition coefficient (Wildman–Crippen LogP) is 4.12. The van der Waals surface area contributed by atoms with Crippen LogP contribution in [0.4, 0.5) is 5.69 Å². The number of aliphatic imine (C=N–C) groups is 1. The number of carbonyl (C=O) groups excluding carboxylic acids is 3. The van der Waals surface area contributed by atoms with E-state index in [-0.39, 0.29) is 24.0 Å². The van der Waals surface area contributed by atoms with Gasteiger partial charge in [0.2, 0.25) is 11.8 Å². The maximum Gasteiger partial charge on any atom is 0.242 e. The molecule has 1 unspecified atom stereocenters. The lowest BCUT2D eigenvalue weighted by molar-refractivity contribution is -0.128. The van der Waals surface area contributed by atoms with Crippen LogP contribution in [0.3, 0.4) is 0 Å². The summed E-state index contributed by atoms with van der Waals surface area (Å²) in [5.74, 6) is -0.268. The fraction of sp³-hybridized carbons (Fsp3) is 0.524. The molecule has 2 rings (SSSR count). The van der Waals surface area contributed by atoms with Gasteiger partial charge in [-0.1, -0.05) is 38.5 Å². The Morgan fingerprint density at radius 3 is 2.43 bits per heavy atom. The van der Waals surface area contributed by atoms with Crippen LogP contribution in [0.1, 0.15) is 63.2 Å². The molecule has 6 nitrogen and oxygen atoms in total. The monoisotopic (exact) mass is 403 g/mol. The van der Waals surface area contributed by atoms with Crippen LogP contribution in [-0.4, -0.2) is 46.0 Å². The number of nitrogens with one attached hydrogen (secondary N) is 1. The molecule has 2 amide bonds. The van der Waals surface area contributed by atoms with Crippen molar-refractivity contribution in [3.8, 4) is 0 Å². The Kier molecular flexibility index (Phi) is 8.70. The third-order valence-electron chi connectivity index (χ3n) is 4.46. The first kappa shape index (κ1) is 22.1. The topological polar surface area (TPSA) is 78.8 Å². The summed E-state index contributed by atoms with van der Waals surface area (Å²) in [6.07, 6.45) is 4.06. The van der Waals surface area contributed by atoms with Crippen molar-refractivity contribution in [3.63, 3.8) is 0 Å². The quantitative estimate of drug-likeness (QED) is 0.471. The van der Waals surface area contributed by atoms with Gasteiger partial charge in [-0.05, 0) is 44.0 Å². The Hall–Kier alpha value is -2.15. The summed E-state index contributed by atoms with van der Waals surface area (Å²) in [6, 6.07) is 6.75. The molecule has 0 spiro atoms. The predicted molar refractivity (Wildman–Crippen MR) is 115 cm³/mol. The largest absolute Gasteiger partial charge is 0.326 e. The van der Waals surface area contributed by atoms with Gasteiger partial charge in [0.25, 0.3) is 0 Å². The molecule has 1 aromatic carbocycles. The van der Waals surface area contributed by atoms with Gasteiger partial charge in [-0.2, -0.15) is 0 Å². The number of anilines is 1. The molecule has 7 heteroatoms. The highest BCUT2D eigenvalue weighted by atomic mass is 32.2. The first-order valence-electron chi connectivity index (χ1n) is 9.89. The number of rotatable bonds is 10. The van der Waals surface area contributed by atoms with E-state index in [9.17, 15) is 14.4 Å². The molecule has 0 aromatic heterocycles. The van der Waals surface area contributed by atoms with Crippen LogP contribution >= 0.6 is 11.8 Å². The Labute approximate surface area is 171 Å². The van der Waals surface area contributed by atoms with Gasteiger partial charge >= 0.3 is 0 Å². The number of amidine groups is 1. The fourth-order valence-electron chi connectivity index (χ4n) is 2.78. The Morgan fingerprint density at radius 2 is 1.82 bits per heavy atom. The van der Waals surface area contributed by atoms with Gasteiger partial charge in [-0.3, -0.25) is 24.3 Å². The maximum atomic E-state index is 12.8. The molecule has 1 heterocycles. The van der Waals surface area contributed by atoms with E-state index in [0.717, 1.165) is 30.9 Å². The molecule has 1 saturated heterocycles. The van der Waals surface area contributed by atoms with Gasteiger partial charge in [0.1, 0.15) is 5.25 Å². The number of carbonyl (C=O) groups is 3. The second kappa shape index (κ2) is 11.0. The third-order valence-corrected chi connectivity index (χ3v) is 5.67. The van der Waals surface area contributed by atoms with E-state index in [1.54, 1.807) is 29.2 Å². The molecule has 0 bridgehead atoms. The highest BCUT2D eigenvalue weighted by Crippen LogP contribution is 2.30. The lowest BCUT2D eigenvalue weighted by atomic mass is 10.1. The summed E-state index contributed by atoms with van der Waals surface area (Å²) in [4.78, 5) is 42.8. The third kappa shape index (κ3) is 6.19. The number of thioether (sulfide) groups is 1. The number of unbranched alkanes of at least 4 members (excludes halogenated alkanes) is 2. The van der Waals surface area contributed by atoms with Crippen LogP contribution in [0.5, 0.6) is 0 Å². The van der Waals surface area contributed by atoms with Crippen molar-refractivity contribution in [2.24, 2.45) is 4.99 Å². The van der Waals surface area contributed by atoms with E-state index in [4.69, 9.17) is 0 Å². The normalized spacial score (nSPS) is 18.0. The molecule has 152 valence electrons. The molecule has 1 aliphatic heterocycles. The van der Waals surface area contributed by atoms with Crippen LogP contribution in [0.25, 0.3) is 0 Å². The Balaban J connectivity index is 1.99. The van der Waals surface area contributed by atoms with Crippen molar-refractivity contribution in [2.45, 2.75) is 58.1 Å². The van der Waals surface area contributed by atoms with E-state index >= 15 is 0 Å². The zero-order valence-corrected chi connectivity index (χ0v) is 17.7. The minimum atomic E-state index is -0.436. The number of ketones is 1. The van der Waals surface area contributed by atoms with Gasteiger partial charge in [0, 0.05) is 30.8 Å². The SMILES string of the molecule is CCCCN=C1SC(CC(=O)Nc2ccc(C(C)=O)cc2)C(=O)N1CCCC. The summed E-state index contributed by atoms with van der Waals surface area (Å²) >= 11 is 1.39. The number of amides is 2. The first-order chi connectivity index (χ1) is 13.5. The number of hydrogen-bond donors (Lipinski definition) is 1. The van der Waals surface area contributed by atoms with Crippen molar-refractivity contribution in [3.05, 3.63) is 29.8 Å². The van der Waals surface area contributed by atoms with Crippen molar-refractivity contribution in [1.82, 2.24) is 4.90 Å². The van der Waals surface area contributed by atoms with Gasteiger partial charge in [-0.25, -0.2) is 0 Å². The van der Waals surface area contributed by atoms with Crippen molar-refractivity contribution in [2.75, 3.05) is 18.4 Å². The maximum absolute atomic E-state index is 12.8. The zero-order chi connectivity index (χ0) is 20.5. The molecule has 1 aromatic rings. The van der Waals surface area contributed by atoms with Crippen LogP contribution in [0.15, 0.2) is 29.3 Å². The summed E-state index contributed by atoms with van der Waals surface area (Å²) < 4.78 is 0. The average molecular weight is 404 g/mol. The van der Waals surface area contributed by atoms with Crippen LogP contribution in [0.2, 0.25) is 0 Å². The van der Waals surface area contributed by atoms with Crippen LogP contribution in [0, 0.1) is 0 Å². The fourth-order valence-corrected chi connectivity index (χ4v) is 3.98. The molecule has 1 fully saturated rings. The highest BCUT2D eigenvalue weighted by molar-refractivity contribution is 8.15. The highest BCUT2D eigenvalue weighted by Gasteiger charge is 2.38. The van der Waals surface area contributed by atoms with Gasteiger partial charge in [-0.15, -0.1) is 0 Å². The van der Waals surface area contributed by atoms with Gasteiger partial charge in [0.15, 0.2) is 11.0 Å². The summed E-state index contributed by atoms with van der Waals surface area (Å²) in [5, 5.41) is 3.12. The number of benzene rings is 1. The van der Waals surface area contributed by atoms with E-state index in [0.29, 0.717) is 24.3 Å². The summed E-state index contributed by atoms with van der Waals surface area (Å²) in [5.41, 5.74) is 1.21. The molecule has 28 heavy (non-hydrogen) atoms.